The van der Waals surface area contributed by atoms with Crippen LogP contribution in [0.2, 0.25) is 0 Å². The first kappa shape index (κ1) is 16.2. The molecule has 1 aliphatic rings. The Morgan fingerprint density at radius 3 is 2.83 bits per heavy atom. The Morgan fingerprint density at radius 2 is 2.17 bits per heavy atom. The number of halogens is 1. The van der Waals surface area contributed by atoms with Crippen molar-refractivity contribution in [3.8, 4) is 0 Å². The van der Waals surface area contributed by atoms with Gasteiger partial charge in [-0.15, -0.1) is 0 Å². The Kier molecular flexibility index (Phi) is 4.64. The summed E-state index contributed by atoms with van der Waals surface area (Å²) in [5.74, 6) is -1.62. The number of carboxylic acid groups (broad SMARTS) is 1. The zero-order chi connectivity index (χ0) is 17.1. The van der Waals surface area contributed by atoms with Crippen molar-refractivity contribution >= 4 is 11.9 Å². The zero-order valence-corrected chi connectivity index (χ0v) is 13.0. The maximum Gasteiger partial charge on any atom is 0.309 e. The van der Waals surface area contributed by atoms with Crippen LogP contribution in [0.15, 0.2) is 47.1 Å². The van der Waals surface area contributed by atoms with Crippen molar-refractivity contribution in [2.75, 3.05) is 6.54 Å². The highest BCUT2D eigenvalue weighted by molar-refractivity contribution is 5.81. The van der Waals surface area contributed by atoms with Crippen molar-refractivity contribution < 1.29 is 23.5 Å². The Bertz CT molecular complexity index is 728. The molecule has 1 amide bonds. The fraction of sp³-hybridized carbons (Fsp3) is 0.333. The molecular weight excluding hydrogens is 313 g/mol. The van der Waals surface area contributed by atoms with E-state index >= 15 is 0 Å². The number of carbonyl (C=O) groups is 2. The lowest BCUT2D eigenvalue weighted by molar-refractivity contribution is -0.152. The second-order valence-corrected chi connectivity index (χ2v) is 5.91. The van der Waals surface area contributed by atoms with E-state index < -0.39 is 17.9 Å². The molecule has 1 fully saturated rings. The Hall–Kier alpha value is -2.63. The summed E-state index contributed by atoms with van der Waals surface area (Å²) in [5.41, 5.74) is 0.762. The number of nitrogens with zero attached hydrogens (tertiary/aromatic N) is 1. The monoisotopic (exact) mass is 331 g/mol. The summed E-state index contributed by atoms with van der Waals surface area (Å²) in [6.45, 7) is 0.317. The molecule has 1 aromatic heterocycles. The molecule has 126 valence electrons. The molecule has 0 saturated carbocycles. The molecule has 1 aliphatic heterocycles. The van der Waals surface area contributed by atoms with E-state index in [0.717, 1.165) is 5.56 Å². The van der Waals surface area contributed by atoms with Crippen LogP contribution >= 0.6 is 0 Å². The SMILES string of the molecule is O=C(O)[C@H]1CCC(=O)N(CCc2cccc(F)c2)[C@H]1c1ccco1. The summed E-state index contributed by atoms with van der Waals surface area (Å²) in [6, 6.07) is 8.92. The molecule has 2 heterocycles. The van der Waals surface area contributed by atoms with Crippen molar-refractivity contribution in [3.05, 3.63) is 59.8 Å². The molecule has 6 heteroatoms. The van der Waals surface area contributed by atoms with Gasteiger partial charge in [0.05, 0.1) is 12.2 Å². The molecule has 0 aliphatic carbocycles. The Balaban J connectivity index is 1.84. The number of carbonyl (C=O) groups excluding carboxylic acids is 1. The second kappa shape index (κ2) is 6.86. The van der Waals surface area contributed by atoms with Crippen LogP contribution in [-0.2, 0) is 16.0 Å². The number of amides is 1. The molecule has 1 aromatic carbocycles. The third-order valence-corrected chi connectivity index (χ3v) is 4.39. The van der Waals surface area contributed by atoms with Gasteiger partial charge < -0.3 is 14.4 Å². The van der Waals surface area contributed by atoms with E-state index in [-0.39, 0.29) is 24.6 Å². The summed E-state index contributed by atoms with van der Waals surface area (Å²) < 4.78 is 18.7. The van der Waals surface area contributed by atoms with Gasteiger partial charge in [0, 0.05) is 13.0 Å². The predicted octanol–water partition coefficient (Wildman–Crippen LogP) is 3.03. The lowest BCUT2D eigenvalue weighted by Gasteiger charge is -2.38. The number of carboxylic acids is 1. The van der Waals surface area contributed by atoms with E-state index in [1.807, 2.05) is 0 Å². The molecular formula is C18H18FNO4. The lowest BCUT2D eigenvalue weighted by Crippen LogP contribution is -2.46. The largest absolute Gasteiger partial charge is 0.481 e. The van der Waals surface area contributed by atoms with Crippen molar-refractivity contribution in [3.63, 3.8) is 0 Å². The number of likely N-dealkylation sites (tertiary alicyclic amines) is 1. The van der Waals surface area contributed by atoms with Gasteiger partial charge in [0.25, 0.3) is 0 Å². The highest BCUT2D eigenvalue weighted by Crippen LogP contribution is 2.37. The van der Waals surface area contributed by atoms with Gasteiger partial charge in [-0.1, -0.05) is 12.1 Å². The summed E-state index contributed by atoms with van der Waals surface area (Å²) in [6.07, 6.45) is 2.40. The fourth-order valence-electron chi connectivity index (χ4n) is 3.23. The van der Waals surface area contributed by atoms with Crippen molar-refractivity contribution in [1.29, 1.82) is 0 Å². The summed E-state index contributed by atoms with van der Waals surface area (Å²) in [7, 11) is 0. The fourth-order valence-corrected chi connectivity index (χ4v) is 3.23. The maximum absolute atomic E-state index is 13.3. The first-order valence-electron chi connectivity index (χ1n) is 7.86. The highest BCUT2D eigenvalue weighted by Gasteiger charge is 2.41. The molecule has 3 rings (SSSR count). The quantitative estimate of drug-likeness (QED) is 0.914. The maximum atomic E-state index is 13.3. The van der Waals surface area contributed by atoms with Crippen LogP contribution in [0.4, 0.5) is 4.39 Å². The molecule has 0 bridgehead atoms. The summed E-state index contributed by atoms with van der Waals surface area (Å²) in [4.78, 5) is 25.5. The zero-order valence-electron chi connectivity index (χ0n) is 13.0. The van der Waals surface area contributed by atoms with Gasteiger partial charge in [-0.3, -0.25) is 9.59 Å². The molecule has 0 radical (unpaired) electrons. The number of hydrogen-bond acceptors (Lipinski definition) is 3. The van der Waals surface area contributed by atoms with Crippen LogP contribution in [0, 0.1) is 11.7 Å². The second-order valence-electron chi connectivity index (χ2n) is 5.91. The van der Waals surface area contributed by atoms with Gasteiger partial charge in [0.1, 0.15) is 17.6 Å². The molecule has 1 saturated heterocycles. The molecule has 24 heavy (non-hydrogen) atoms. The van der Waals surface area contributed by atoms with Crippen molar-refractivity contribution in [2.24, 2.45) is 5.92 Å². The van der Waals surface area contributed by atoms with Crippen LogP contribution in [-0.4, -0.2) is 28.4 Å². The number of rotatable bonds is 5. The van der Waals surface area contributed by atoms with Crippen LogP contribution in [0.1, 0.15) is 30.2 Å². The third kappa shape index (κ3) is 3.32. The average molecular weight is 331 g/mol. The van der Waals surface area contributed by atoms with Gasteiger partial charge in [-0.2, -0.15) is 0 Å². The highest BCUT2D eigenvalue weighted by atomic mass is 19.1. The standard InChI is InChI=1S/C18H18FNO4/c19-13-4-1-3-12(11-13)8-9-20-16(21)7-6-14(18(22)23)17(20)15-5-2-10-24-15/h1-5,10-11,14,17H,6-9H2,(H,22,23)/t14-,17+/m0/s1. The number of benzene rings is 1. The van der Waals surface area contributed by atoms with Crippen LogP contribution < -0.4 is 0 Å². The first-order valence-corrected chi connectivity index (χ1v) is 7.86. The van der Waals surface area contributed by atoms with E-state index in [2.05, 4.69) is 0 Å². The minimum Gasteiger partial charge on any atom is -0.481 e. The van der Waals surface area contributed by atoms with Crippen molar-refractivity contribution in [2.45, 2.75) is 25.3 Å². The van der Waals surface area contributed by atoms with Gasteiger partial charge in [0.15, 0.2) is 0 Å². The first-order chi connectivity index (χ1) is 11.6. The topological polar surface area (TPSA) is 70.8 Å². The van der Waals surface area contributed by atoms with Gasteiger partial charge in [-0.05, 0) is 42.7 Å². The number of piperidine rings is 1. The van der Waals surface area contributed by atoms with E-state index in [4.69, 9.17) is 4.42 Å². The van der Waals surface area contributed by atoms with Crippen LogP contribution in [0.25, 0.3) is 0 Å². The average Bonchev–Trinajstić information content (AvgIpc) is 3.07. The molecule has 0 unspecified atom stereocenters. The molecule has 2 aromatic rings. The number of hydrogen-bond donors (Lipinski definition) is 1. The Morgan fingerprint density at radius 1 is 1.33 bits per heavy atom. The van der Waals surface area contributed by atoms with E-state index in [1.165, 1.54) is 18.4 Å². The van der Waals surface area contributed by atoms with Gasteiger partial charge in [0.2, 0.25) is 5.91 Å². The lowest BCUT2D eigenvalue weighted by atomic mass is 9.87. The smallest absolute Gasteiger partial charge is 0.309 e. The van der Waals surface area contributed by atoms with E-state index in [1.54, 1.807) is 29.2 Å². The molecule has 5 nitrogen and oxygen atoms in total. The predicted molar refractivity (Wildman–Crippen MR) is 83.6 cm³/mol. The Labute approximate surface area is 138 Å². The number of aliphatic carboxylic acids is 1. The van der Waals surface area contributed by atoms with Gasteiger partial charge in [-0.25, -0.2) is 4.39 Å². The van der Waals surface area contributed by atoms with E-state index in [0.29, 0.717) is 18.7 Å². The summed E-state index contributed by atoms with van der Waals surface area (Å²) >= 11 is 0. The minimum absolute atomic E-state index is 0.106. The van der Waals surface area contributed by atoms with E-state index in [9.17, 15) is 19.1 Å². The summed E-state index contributed by atoms with van der Waals surface area (Å²) in [5, 5.41) is 9.50. The normalized spacial score (nSPS) is 21.0. The van der Waals surface area contributed by atoms with Crippen molar-refractivity contribution in [1.82, 2.24) is 4.90 Å². The van der Waals surface area contributed by atoms with Crippen LogP contribution in [0.5, 0.6) is 0 Å². The number of furan rings is 1. The molecule has 2 atom stereocenters. The minimum atomic E-state index is -0.945. The van der Waals surface area contributed by atoms with Crippen LogP contribution in [0.3, 0.4) is 0 Å². The molecule has 1 N–H and O–H groups in total. The third-order valence-electron chi connectivity index (χ3n) is 4.39. The van der Waals surface area contributed by atoms with Gasteiger partial charge >= 0.3 is 5.97 Å². The molecule has 0 spiro atoms.